The molecule has 1 aliphatic carbocycles. The molecule has 12 heteroatoms. The zero-order chi connectivity index (χ0) is 31.7. The molecule has 0 aliphatic heterocycles. The maximum absolute atomic E-state index is 14.6. The minimum Gasteiger partial charge on any atom is -0.207 e. The van der Waals surface area contributed by atoms with Crippen LogP contribution in [-0.2, 0) is 20.0 Å². The van der Waals surface area contributed by atoms with Gasteiger partial charge in [0.15, 0.2) is 0 Å². The summed E-state index contributed by atoms with van der Waals surface area (Å²) < 4.78 is 83.9. The molecule has 2 atom stereocenters. The monoisotopic (exact) mass is 622 g/mol. The summed E-state index contributed by atoms with van der Waals surface area (Å²) in [6.07, 6.45) is 2.93. The molecule has 0 bridgehead atoms. The third-order valence-electron chi connectivity index (χ3n) is 8.73. The highest BCUT2D eigenvalue weighted by molar-refractivity contribution is 7.89. The second-order valence-electron chi connectivity index (χ2n) is 11.6. The van der Waals surface area contributed by atoms with Gasteiger partial charge >= 0.3 is 0 Å². The van der Waals surface area contributed by atoms with E-state index in [1.165, 1.54) is 55.8 Å². The Hall–Kier alpha value is -2.80. The second-order valence-corrected chi connectivity index (χ2v) is 15.7. The van der Waals surface area contributed by atoms with Gasteiger partial charge < -0.3 is 0 Å². The molecule has 3 rings (SSSR count). The summed E-state index contributed by atoms with van der Waals surface area (Å²) >= 11 is 0. The van der Waals surface area contributed by atoms with Crippen LogP contribution in [0.2, 0.25) is 0 Å². The van der Waals surface area contributed by atoms with Crippen molar-refractivity contribution < 1.29 is 25.6 Å². The van der Waals surface area contributed by atoms with Gasteiger partial charge in [0.2, 0.25) is 20.0 Å². The molecule has 0 spiro atoms. The van der Waals surface area contributed by atoms with Crippen LogP contribution in [0.3, 0.4) is 0 Å². The molecule has 42 heavy (non-hydrogen) atoms. The predicted molar refractivity (Wildman–Crippen MR) is 161 cm³/mol. The van der Waals surface area contributed by atoms with E-state index in [-0.39, 0.29) is 40.1 Å². The van der Waals surface area contributed by atoms with Crippen LogP contribution in [0.5, 0.6) is 0 Å². The van der Waals surface area contributed by atoms with E-state index in [9.17, 15) is 25.6 Å². The molecule has 230 valence electrons. The van der Waals surface area contributed by atoms with Gasteiger partial charge in [-0.15, -0.1) is 0 Å². The average Bonchev–Trinajstić information content (AvgIpc) is 3.15. The zero-order valence-electron chi connectivity index (χ0n) is 25.2. The van der Waals surface area contributed by atoms with Crippen molar-refractivity contribution in [3.8, 4) is 0 Å². The lowest BCUT2D eigenvalue weighted by Crippen LogP contribution is -2.46. The molecule has 2 aromatic carbocycles. The Morgan fingerprint density at radius 3 is 2.00 bits per heavy atom. The molecule has 0 radical (unpaired) electrons. The highest BCUT2D eigenvalue weighted by atomic mass is 32.2. The van der Waals surface area contributed by atoms with E-state index in [1.54, 1.807) is 13.0 Å². The molecule has 2 aromatic rings. The molecule has 1 fully saturated rings. The summed E-state index contributed by atoms with van der Waals surface area (Å²) in [7, 11) is -3.40. The van der Waals surface area contributed by atoms with Gasteiger partial charge in [-0.2, -0.15) is 14.5 Å². The van der Waals surface area contributed by atoms with E-state index < -0.39 is 42.5 Å². The fourth-order valence-corrected chi connectivity index (χ4v) is 8.15. The Labute approximate surface area is 248 Å². The van der Waals surface area contributed by atoms with Gasteiger partial charge in [-0.3, -0.25) is 0 Å². The summed E-state index contributed by atoms with van der Waals surface area (Å²) in [6, 6.07) is 8.83. The predicted octanol–water partition coefficient (Wildman–Crippen LogP) is 6.35. The fraction of sp³-hybridized carbons (Fsp3) is 0.467. The molecule has 1 aliphatic rings. The summed E-state index contributed by atoms with van der Waals surface area (Å²) in [5.74, 6) is -1.64. The van der Waals surface area contributed by atoms with Crippen molar-refractivity contribution in [1.82, 2.24) is 8.61 Å². The Morgan fingerprint density at radius 1 is 1.00 bits per heavy atom. The van der Waals surface area contributed by atoms with Gasteiger partial charge in [0.05, 0.1) is 21.1 Å². The van der Waals surface area contributed by atoms with Gasteiger partial charge in [-0.1, -0.05) is 40.3 Å². The summed E-state index contributed by atoms with van der Waals surface area (Å²) in [4.78, 5) is 0.0110. The SMILES string of the molecule is C=C(/C=C(\N=NC)c1c(F)cccc1F)C1CCC(C)(CN(CC)S(=O)(=O)c2ccc(S(=O)(=O)N(C)C)cc2)C1(C)C. The lowest BCUT2D eigenvalue weighted by atomic mass is 9.64. The number of allylic oxidation sites excluding steroid dienone is 2. The number of azo groups is 1. The molecule has 0 heterocycles. The molecule has 2 unspecified atom stereocenters. The number of benzene rings is 2. The Kier molecular flexibility index (Phi) is 9.98. The first-order valence-electron chi connectivity index (χ1n) is 13.6. The molecule has 1 saturated carbocycles. The first kappa shape index (κ1) is 33.7. The molecule has 0 saturated heterocycles. The zero-order valence-corrected chi connectivity index (χ0v) is 26.9. The van der Waals surface area contributed by atoms with E-state index >= 15 is 0 Å². The standard InChI is InChI=1S/C30H40F2N4O4S2/c1-9-36(42(39,40)23-15-13-22(14-16-23)41(37,38)35(7)8)20-30(5)18-17-24(29(30,3)4)21(2)19-27(34-33-6)28-25(31)11-10-12-26(28)32/h10-16,19,24H,2,9,17-18,20H2,1,3-8H3/b27-19-,34-33?. The van der Waals surface area contributed by atoms with E-state index in [1.807, 2.05) is 6.92 Å². The number of nitrogens with zero attached hydrogens (tertiary/aromatic N) is 4. The van der Waals surface area contributed by atoms with Crippen LogP contribution in [0.1, 0.15) is 46.1 Å². The summed E-state index contributed by atoms with van der Waals surface area (Å²) in [5.41, 5.74) is -0.579. The molecule has 0 N–H and O–H groups in total. The minimum atomic E-state index is -3.94. The first-order chi connectivity index (χ1) is 19.4. The lowest BCUT2D eigenvalue weighted by molar-refractivity contribution is 0.0803. The second kappa shape index (κ2) is 12.4. The highest BCUT2D eigenvalue weighted by Crippen LogP contribution is 2.58. The van der Waals surface area contributed by atoms with Gasteiger partial charge in [0.1, 0.15) is 11.6 Å². The van der Waals surface area contributed by atoms with Crippen molar-refractivity contribution in [3.05, 3.63) is 77.9 Å². The Bertz CT molecular complexity index is 1580. The van der Waals surface area contributed by atoms with Crippen LogP contribution < -0.4 is 0 Å². The van der Waals surface area contributed by atoms with Gasteiger partial charge in [-0.05, 0) is 77.6 Å². The van der Waals surface area contributed by atoms with Crippen LogP contribution >= 0.6 is 0 Å². The maximum Gasteiger partial charge on any atom is 0.243 e. The molecule has 0 amide bonds. The summed E-state index contributed by atoms with van der Waals surface area (Å²) in [6.45, 7) is 12.6. The fourth-order valence-electron chi connectivity index (χ4n) is 5.68. The number of sulfonamides is 2. The van der Waals surface area contributed by atoms with Crippen molar-refractivity contribution in [2.75, 3.05) is 34.2 Å². The third kappa shape index (κ3) is 6.27. The van der Waals surface area contributed by atoms with Gasteiger partial charge in [0.25, 0.3) is 0 Å². The Morgan fingerprint density at radius 2 is 1.52 bits per heavy atom. The number of halogens is 2. The van der Waals surface area contributed by atoms with Crippen LogP contribution in [0.15, 0.2) is 80.7 Å². The molecule has 8 nitrogen and oxygen atoms in total. The van der Waals surface area contributed by atoms with Crippen LogP contribution in [0.4, 0.5) is 8.78 Å². The topological polar surface area (TPSA) is 99.5 Å². The Balaban J connectivity index is 1.91. The van der Waals surface area contributed by atoms with E-state index in [0.717, 1.165) is 16.4 Å². The van der Waals surface area contributed by atoms with E-state index in [4.69, 9.17) is 0 Å². The average molecular weight is 623 g/mol. The first-order valence-corrected chi connectivity index (χ1v) is 16.5. The van der Waals surface area contributed by atoms with Crippen LogP contribution in [0, 0.1) is 28.4 Å². The quantitative estimate of drug-likeness (QED) is 0.215. The van der Waals surface area contributed by atoms with Gasteiger partial charge in [0, 0.05) is 34.2 Å². The van der Waals surface area contributed by atoms with Crippen molar-refractivity contribution in [2.45, 2.75) is 50.3 Å². The van der Waals surface area contributed by atoms with Crippen molar-refractivity contribution >= 4 is 25.7 Å². The van der Waals surface area contributed by atoms with Gasteiger partial charge in [-0.25, -0.2) is 29.9 Å². The van der Waals surface area contributed by atoms with Crippen molar-refractivity contribution in [3.63, 3.8) is 0 Å². The molecular weight excluding hydrogens is 582 g/mol. The smallest absolute Gasteiger partial charge is 0.207 e. The lowest BCUT2D eigenvalue weighted by Gasteiger charge is -2.44. The highest BCUT2D eigenvalue weighted by Gasteiger charge is 2.53. The number of hydrogen-bond donors (Lipinski definition) is 0. The van der Waals surface area contributed by atoms with E-state index in [0.29, 0.717) is 18.4 Å². The summed E-state index contributed by atoms with van der Waals surface area (Å²) in [5, 5.41) is 7.73. The number of hydrogen-bond acceptors (Lipinski definition) is 6. The van der Waals surface area contributed by atoms with E-state index in [2.05, 4.69) is 30.7 Å². The van der Waals surface area contributed by atoms with Crippen molar-refractivity contribution in [2.24, 2.45) is 27.0 Å². The third-order valence-corrected chi connectivity index (χ3v) is 12.5. The van der Waals surface area contributed by atoms with Crippen molar-refractivity contribution in [1.29, 1.82) is 0 Å². The largest absolute Gasteiger partial charge is 0.243 e. The maximum atomic E-state index is 14.6. The van der Waals surface area contributed by atoms with Crippen LogP contribution in [0.25, 0.3) is 5.70 Å². The number of rotatable bonds is 11. The van der Waals surface area contributed by atoms with Crippen LogP contribution in [-0.4, -0.2) is 59.7 Å². The minimum absolute atomic E-state index is 0.00466. The normalized spacial score (nSPS) is 21.5. The molecule has 0 aromatic heterocycles. The molecular formula is C30H40F2N4O4S2.